The fraction of sp³-hybridized carbons (Fsp3) is 0.400. The van der Waals surface area contributed by atoms with Gasteiger partial charge in [-0.3, -0.25) is 9.59 Å². The SMILES string of the molecule is CC(C)(C)OC(=O)N[C@@H]1CC(=O)c2ccccc2NC1=O. The van der Waals surface area contributed by atoms with E-state index >= 15 is 0 Å². The van der Waals surface area contributed by atoms with E-state index in [9.17, 15) is 14.4 Å². The van der Waals surface area contributed by atoms with Crippen molar-refractivity contribution in [3.8, 4) is 0 Å². The van der Waals surface area contributed by atoms with Crippen LogP contribution < -0.4 is 10.6 Å². The minimum absolute atomic E-state index is 0.0951. The summed E-state index contributed by atoms with van der Waals surface area (Å²) in [5.74, 6) is -0.635. The van der Waals surface area contributed by atoms with Gasteiger partial charge in [-0.2, -0.15) is 0 Å². The van der Waals surface area contributed by atoms with Crippen molar-refractivity contribution < 1.29 is 19.1 Å². The number of ether oxygens (including phenoxy) is 1. The first-order valence-electron chi connectivity index (χ1n) is 6.69. The summed E-state index contributed by atoms with van der Waals surface area (Å²) in [6.07, 6.45) is -0.816. The summed E-state index contributed by atoms with van der Waals surface area (Å²) in [7, 11) is 0. The lowest BCUT2D eigenvalue weighted by Crippen LogP contribution is -2.45. The van der Waals surface area contributed by atoms with Crippen LogP contribution in [-0.2, 0) is 9.53 Å². The first-order valence-corrected chi connectivity index (χ1v) is 6.69. The highest BCUT2D eigenvalue weighted by atomic mass is 16.6. The van der Waals surface area contributed by atoms with Crippen LogP contribution in [0.15, 0.2) is 24.3 Å². The second kappa shape index (κ2) is 5.55. The largest absolute Gasteiger partial charge is 0.444 e. The van der Waals surface area contributed by atoms with E-state index in [1.54, 1.807) is 45.0 Å². The number of nitrogens with one attached hydrogen (secondary N) is 2. The quantitative estimate of drug-likeness (QED) is 0.829. The number of para-hydroxylation sites is 1. The fourth-order valence-electron chi connectivity index (χ4n) is 2.01. The van der Waals surface area contributed by atoms with Crippen molar-refractivity contribution in [3.63, 3.8) is 0 Å². The maximum Gasteiger partial charge on any atom is 0.408 e. The van der Waals surface area contributed by atoms with Gasteiger partial charge in [-0.1, -0.05) is 12.1 Å². The Bertz CT molecular complexity index is 590. The Morgan fingerprint density at radius 1 is 1.29 bits per heavy atom. The van der Waals surface area contributed by atoms with Gasteiger partial charge in [0.05, 0.1) is 5.69 Å². The first kappa shape index (κ1) is 15.0. The molecule has 1 aromatic rings. The number of fused-ring (bicyclic) bond motifs is 1. The van der Waals surface area contributed by atoms with Crippen molar-refractivity contribution in [2.24, 2.45) is 0 Å². The number of Topliss-reactive ketones (excluding diaryl/α,β-unsaturated/α-hetero) is 1. The van der Waals surface area contributed by atoms with E-state index < -0.39 is 23.6 Å². The number of hydrogen-bond acceptors (Lipinski definition) is 4. The zero-order chi connectivity index (χ0) is 15.6. The summed E-state index contributed by atoms with van der Waals surface area (Å²) in [5.41, 5.74) is 0.235. The molecule has 1 aliphatic rings. The molecular formula is C15H18N2O4. The third-order valence-corrected chi connectivity index (χ3v) is 2.88. The van der Waals surface area contributed by atoms with Gasteiger partial charge in [-0.05, 0) is 32.9 Å². The van der Waals surface area contributed by atoms with Crippen LogP contribution in [0.4, 0.5) is 10.5 Å². The lowest BCUT2D eigenvalue weighted by Gasteiger charge is -2.22. The average Bonchev–Trinajstić information content (AvgIpc) is 2.46. The molecule has 0 radical (unpaired) electrons. The maximum atomic E-state index is 12.1. The number of alkyl carbamates (subject to hydrolysis) is 1. The zero-order valence-electron chi connectivity index (χ0n) is 12.2. The lowest BCUT2D eigenvalue weighted by atomic mass is 10.0. The zero-order valence-corrected chi connectivity index (χ0v) is 12.2. The Labute approximate surface area is 122 Å². The van der Waals surface area contributed by atoms with Gasteiger partial charge in [-0.25, -0.2) is 4.79 Å². The van der Waals surface area contributed by atoms with Gasteiger partial charge < -0.3 is 15.4 Å². The summed E-state index contributed by atoms with van der Waals surface area (Å²) >= 11 is 0. The highest BCUT2D eigenvalue weighted by molar-refractivity contribution is 6.11. The molecule has 2 amide bonds. The van der Waals surface area contributed by atoms with Crippen molar-refractivity contribution in [1.29, 1.82) is 0 Å². The summed E-state index contributed by atoms with van der Waals surface area (Å²) in [6.45, 7) is 5.17. The van der Waals surface area contributed by atoms with E-state index in [1.807, 2.05) is 0 Å². The Kier molecular flexibility index (Phi) is 3.97. The van der Waals surface area contributed by atoms with Crippen molar-refractivity contribution in [3.05, 3.63) is 29.8 Å². The molecule has 112 valence electrons. The second-order valence-electron chi connectivity index (χ2n) is 5.86. The molecule has 0 spiro atoms. The van der Waals surface area contributed by atoms with Gasteiger partial charge in [0, 0.05) is 12.0 Å². The molecule has 1 heterocycles. The average molecular weight is 290 g/mol. The van der Waals surface area contributed by atoms with Crippen LogP contribution in [0.2, 0.25) is 0 Å². The normalized spacial score (nSPS) is 18.3. The van der Waals surface area contributed by atoms with E-state index in [4.69, 9.17) is 4.74 Å². The molecule has 0 unspecified atom stereocenters. The third kappa shape index (κ3) is 3.81. The summed E-state index contributed by atoms with van der Waals surface area (Å²) in [6, 6.07) is 5.81. The van der Waals surface area contributed by atoms with Gasteiger partial charge in [0.2, 0.25) is 5.91 Å². The van der Waals surface area contributed by atoms with E-state index in [1.165, 1.54) is 0 Å². The van der Waals surface area contributed by atoms with Gasteiger partial charge in [-0.15, -0.1) is 0 Å². The molecule has 0 saturated carbocycles. The fourth-order valence-corrected chi connectivity index (χ4v) is 2.01. The molecule has 6 heteroatoms. The second-order valence-corrected chi connectivity index (χ2v) is 5.86. The van der Waals surface area contributed by atoms with Crippen LogP contribution in [0.1, 0.15) is 37.6 Å². The topological polar surface area (TPSA) is 84.5 Å². The summed E-state index contributed by atoms with van der Waals surface area (Å²) in [4.78, 5) is 36.0. The number of benzene rings is 1. The summed E-state index contributed by atoms with van der Waals surface area (Å²) in [5, 5.41) is 5.08. The molecule has 0 aliphatic carbocycles. The Hall–Kier alpha value is -2.37. The predicted octanol–water partition coefficient (Wildman–Crippen LogP) is 2.10. The van der Waals surface area contributed by atoms with Crippen LogP contribution >= 0.6 is 0 Å². The van der Waals surface area contributed by atoms with Crippen LogP contribution in [0.25, 0.3) is 0 Å². The van der Waals surface area contributed by atoms with Crippen LogP contribution in [-0.4, -0.2) is 29.4 Å². The molecule has 0 fully saturated rings. The van der Waals surface area contributed by atoms with Crippen molar-refractivity contribution in [2.75, 3.05) is 5.32 Å². The van der Waals surface area contributed by atoms with Gasteiger partial charge >= 0.3 is 6.09 Å². The van der Waals surface area contributed by atoms with Crippen LogP contribution in [0.5, 0.6) is 0 Å². The lowest BCUT2D eigenvalue weighted by molar-refractivity contribution is -0.118. The smallest absolute Gasteiger partial charge is 0.408 e. The standard InChI is InChI=1S/C15H18N2O4/c1-15(2,3)21-14(20)17-11-8-12(18)9-6-4-5-7-10(9)16-13(11)19/h4-7,11H,8H2,1-3H3,(H,16,19)(H,17,20)/t11-/m1/s1. The number of anilines is 1. The first-order chi connectivity index (χ1) is 9.76. The van der Waals surface area contributed by atoms with E-state index in [0.29, 0.717) is 11.3 Å². The molecule has 1 aromatic carbocycles. The Morgan fingerprint density at radius 2 is 1.95 bits per heavy atom. The number of rotatable bonds is 1. The van der Waals surface area contributed by atoms with Gasteiger partial charge in [0.1, 0.15) is 11.6 Å². The molecular weight excluding hydrogens is 272 g/mol. The number of hydrogen-bond donors (Lipinski definition) is 2. The molecule has 2 N–H and O–H groups in total. The number of ketones is 1. The van der Waals surface area contributed by atoms with E-state index in [2.05, 4.69) is 10.6 Å². The number of carbonyl (C=O) groups is 3. The Morgan fingerprint density at radius 3 is 2.62 bits per heavy atom. The van der Waals surface area contributed by atoms with Crippen LogP contribution in [0.3, 0.4) is 0 Å². The molecule has 1 atom stereocenters. The third-order valence-electron chi connectivity index (χ3n) is 2.88. The van der Waals surface area contributed by atoms with E-state index in [-0.39, 0.29) is 12.2 Å². The molecule has 1 aliphatic heterocycles. The summed E-state index contributed by atoms with van der Waals surface area (Å²) < 4.78 is 5.10. The highest BCUT2D eigenvalue weighted by Gasteiger charge is 2.30. The molecule has 21 heavy (non-hydrogen) atoms. The number of carbonyl (C=O) groups excluding carboxylic acids is 3. The molecule has 2 rings (SSSR count). The molecule has 6 nitrogen and oxygen atoms in total. The Balaban J connectivity index is 2.12. The minimum atomic E-state index is -0.945. The van der Waals surface area contributed by atoms with Crippen molar-refractivity contribution in [2.45, 2.75) is 38.8 Å². The van der Waals surface area contributed by atoms with Crippen molar-refractivity contribution >= 4 is 23.5 Å². The number of amides is 2. The maximum absolute atomic E-state index is 12.1. The monoisotopic (exact) mass is 290 g/mol. The predicted molar refractivity (Wildman–Crippen MR) is 77.2 cm³/mol. The molecule has 0 bridgehead atoms. The molecule has 0 aromatic heterocycles. The van der Waals surface area contributed by atoms with Crippen molar-refractivity contribution in [1.82, 2.24) is 5.32 Å². The minimum Gasteiger partial charge on any atom is -0.444 e. The highest BCUT2D eigenvalue weighted by Crippen LogP contribution is 2.21. The van der Waals surface area contributed by atoms with Gasteiger partial charge in [0.25, 0.3) is 0 Å². The van der Waals surface area contributed by atoms with Crippen LogP contribution in [0, 0.1) is 0 Å². The van der Waals surface area contributed by atoms with Gasteiger partial charge in [0.15, 0.2) is 5.78 Å². The van der Waals surface area contributed by atoms with E-state index in [0.717, 1.165) is 0 Å². The molecule has 0 saturated heterocycles.